The molecule has 0 amide bonds. The van der Waals surface area contributed by atoms with E-state index in [0.29, 0.717) is 6.54 Å². The summed E-state index contributed by atoms with van der Waals surface area (Å²) >= 11 is 0. The highest BCUT2D eigenvalue weighted by molar-refractivity contribution is 5.23. The van der Waals surface area contributed by atoms with Crippen molar-refractivity contribution in [3.05, 3.63) is 54.1 Å². The van der Waals surface area contributed by atoms with E-state index in [9.17, 15) is 0 Å². The van der Waals surface area contributed by atoms with E-state index >= 15 is 0 Å². The van der Waals surface area contributed by atoms with Crippen molar-refractivity contribution in [2.75, 3.05) is 13.6 Å². The van der Waals surface area contributed by atoms with Crippen LogP contribution in [0.3, 0.4) is 0 Å². The average molecular weight is 258 g/mol. The van der Waals surface area contributed by atoms with Gasteiger partial charge in [0.15, 0.2) is 0 Å². The summed E-state index contributed by atoms with van der Waals surface area (Å²) in [6, 6.07) is 8.50. The van der Waals surface area contributed by atoms with Crippen molar-refractivity contribution >= 4 is 0 Å². The lowest BCUT2D eigenvalue weighted by Crippen LogP contribution is -2.20. The molecule has 0 fully saturated rings. The maximum absolute atomic E-state index is 5.66. The predicted molar refractivity (Wildman–Crippen MR) is 77.5 cm³/mol. The van der Waals surface area contributed by atoms with E-state index in [1.807, 2.05) is 18.7 Å². The van der Waals surface area contributed by atoms with Gasteiger partial charge in [0, 0.05) is 32.0 Å². The largest absolute Gasteiger partial charge is 0.337 e. The Balaban J connectivity index is 1.75. The molecule has 0 radical (unpaired) electrons. The molecule has 1 aromatic heterocycles. The summed E-state index contributed by atoms with van der Waals surface area (Å²) < 4.78 is 2.11. The van der Waals surface area contributed by atoms with E-state index < -0.39 is 0 Å². The molecule has 0 aliphatic rings. The van der Waals surface area contributed by atoms with Crippen molar-refractivity contribution < 1.29 is 0 Å². The lowest BCUT2D eigenvalue weighted by Gasteiger charge is -2.17. The third-order valence-corrected chi connectivity index (χ3v) is 3.19. The molecule has 4 heteroatoms. The summed E-state index contributed by atoms with van der Waals surface area (Å²) in [6.07, 6.45) is 6.82. The molecule has 2 rings (SSSR count). The number of imidazole rings is 1. The first-order valence-corrected chi connectivity index (χ1v) is 6.70. The number of aromatic nitrogens is 2. The number of rotatable bonds is 7. The number of nitrogens with two attached hydrogens (primary N) is 1. The van der Waals surface area contributed by atoms with Gasteiger partial charge in [-0.15, -0.1) is 0 Å². The Hall–Kier alpha value is -1.65. The fourth-order valence-electron chi connectivity index (χ4n) is 2.19. The Morgan fingerprint density at radius 2 is 2.16 bits per heavy atom. The van der Waals surface area contributed by atoms with Crippen LogP contribution in [0.2, 0.25) is 0 Å². The molecule has 0 aliphatic heterocycles. The summed E-state index contributed by atoms with van der Waals surface area (Å²) in [4.78, 5) is 6.38. The minimum Gasteiger partial charge on any atom is -0.337 e. The van der Waals surface area contributed by atoms with Gasteiger partial charge in [0.25, 0.3) is 0 Å². The molecule has 2 aromatic rings. The fraction of sp³-hybridized carbons (Fsp3) is 0.400. The molecule has 1 heterocycles. The molecule has 2 N–H and O–H groups in total. The van der Waals surface area contributed by atoms with E-state index in [4.69, 9.17) is 5.73 Å². The number of hydrogen-bond donors (Lipinski definition) is 1. The number of hydrogen-bond acceptors (Lipinski definition) is 3. The van der Waals surface area contributed by atoms with Crippen molar-refractivity contribution in [1.29, 1.82) is 0 Å². The maximum atomic E-state index is 5.66. The van der Waals surface area contributed by atoms with E-state index in [0.717, 1.165) is 26.1 Å². The average Bonchev–Trinajstić information content (AvgIpc) is 2.92. The van der Waals surface area contributed by atoms with Gasteiger partial charge in [0.2, 0.25) is 0 Å². The van der Waals surface area contributed by atoms with Crippen LogP contribution < -0.4 is 5.73 Å². The van der Waals surface area contributed by atoms with Crippen LogP contribution in [0.25, 0.3) is 0 Å². The van der Waals surface area contributed by atoms with E-state index in [1.54, 1.807) is 0 Å². The van der Waals surface area contributed by atoms with Crippen LogP contribution in [0.4, 0.5) is 0 Å². The van der Waals surface area contributed by atoms with Gasteiger partial charge in [0.1, 0.15) is 0 Å². The topological polar surface area (TPSA) is 47.1 Å². The molecule has 1 aromatic carbocycles. The first-order chi connectivity index (χ1) is 9.28. The van der Waals surface area contributed by atoms with Gasteiger partial charge in [0.05, 0.1) is 6.33 Å². The van der Waals surface area contributed by atoms with Crippen molar-refractivity contribution in [2.24, 2.45) is 5.73 Å². The number of aryl methyl sites for hydroxylation is 1. The van der Waals surface area contributed by atoms with Crippen molar-refractivity contribution in [3.63, 3.8) is 0 Å². The SMILES string of the molecule is CN(CCCn1ccnc1)Cc1cccc(CN)c1. The highest BCUT2D eigenvalue weighted by Gasteiger charge is 2.01. The van der Waals surface area contributed by atoms with E-state index in [2.05, 4.69) is 45.8 Å². The van der Waals surface area contributed by atoms with Crippen LogP contribution in [0.15, 0.2) is 43.0 Å². The third-order valence-electron chi connectivity index (χ3n) is 3.19. The quantitative estimate of drug-likeness (QED) is 0.824. The van der Waals surface area contributed by atoms with Gasteiger partial charge in [-0.25, -0.2) is 4.98 Å². The molecule has 0 unspecified atom stereocenters. The Morgan fingerprint density at radius 3 is 2.89 bits per heavy atom. The standard InChI is InChI=1S/C15H22N4/c1-18(7-3-8-19-9-6-17-13-19)12-15-5-2-4-14(10-15)11-16/h2,4-6,9-10,13H,3,7-8,11-12,16H2,1H3. The fourth-order valence-corrected chi connectivity index (χ4v) is 2.19. The molecule has 0 bridgehead atoms. The van der Waals surface area contributed by atoms with Crippen molar-refractivity contribution in [3.8, 4) is 0 Å². The summed E-state index contributed by atoms with van der Waals surface area (Å²) in [5.74, 6) is 0. The highest BCUT2D eigenvalue weighted by atomic mass is 15.1. The zero-order valence-electron chi connectivity index (χ0n) is 11.5. The van der Waals surface area contributed by atoms with Gasteiger partial charge in [-0.1, -0.05) is 24.3 Å². The summed E-state index contributed by atoms with van der Waals surface area (Å²) in [5.41, 5.74) is 8.19. The molecular weight excluding hydrogens is 236 g/mol. The highest BCUT2D eigenvalue weighted by Crippen LogP contribution is 2.07. The Morgan fingerprint density at radius 1 is 1.32 bits per heavy atom. The van der Waals surface area contributed by atoms with Crippen LogP contribution >= 0.6 is 0 Å². The first kappa shape index (κ1) is 13.8. The molecule has 0 saturated heterocycles. The normalized spacial score (nSPS) is 11.1. The molecule has 4 nitrogen and oxygen atoms in total. The second-order valence-electron chi connectivity index (χ2n) is 4.92. The summed E-state index contributed by atoms with van der Waals surface area (Å²) in [6.45, 7) is 3.67. The van der Waals surface area contributed by atoms with Gasteiger partial charge in [-0.2, -0.15) is 0 Å². The predicted octanol–water partition coefficient (Wildman–Crippen LogP) is 1.86. The van der Waals surface area contributed by atoms with Crippen LogP contribution in [0, 0.1) is 0 Å². The van der Waals surface area contributed by atoms with Crippen LogP contribution in [-0.4, -0.2) is 28.0 Å². The third kappa shape index (κ3) is 4.50. The van der Waals surface area contributed by atoms with Gasteiger partial charge < -0.3 is 15.2 Å². The van der Waals surface area contributed by atoms with E-state index in [-0.39, 0.29) is 0 Å². The molecular formula is C15H22N4. The lowest BCUT2D eigenvalue weighted by molar-refractivity contribution is 0.314. The van der Waals surface area contributed by atoms with Gasteiger partial charge in [-0.3, -0.25) is 0 Å². The Bertz CT molecular complexity index is 479. The zero-order valence-corrected chi connectivity index (χ0v) is 11.5. The molecule has 0 saturated carbocycles. The second-order valence-corrected chi connectivity index (χ2v) is 4.92. The lowest BCUT2D eigenvalue weighted by atomic mass is 10.1. The summed E-state index contributed by atoms with van der Waals surface area (Å²) in [5, 5.41) is 0. The first-order valence-electron chi connectivity index (χ1n) is 6.70. The minimum atomic E-state index is 0.609. The monoisotopic (exact) mass is 258 g/mol. The van der Waals surface area contributed by atoms with Crippen LogP contribution in [0.5, 0.6) is 0 Å². The Kier molecular flexibility index (Phi) is 5.12. The maximum Gasteiger partial charge on any atom is 0.0945 e. The van der Waals surface area contributed by atoms with Crippen LogP contribution in [0.1, 0.15) is 17.5 Å². The number of nitrogens with zero attached hydrogens (tertiary/aromatic N) is 3. The minimum absolute atomic E-state index is 0.609. The van der Waals surface area contributed by atoms with Crippen molar-refractivity contribution in [2.45, 2.75) is 26.1 Å². The van der Waals surface area contributed by atoms with Gasteiger partial charge in [-0.05, 0) is 31.1 Å². The summed E-state index contributed by atoms with van der Waals surface area (Å²) in [7, 11) is 2.16. The van der Waals surface area contributed by atoms with Gasteiger partial charge >= 0.3 is 0 Å². The van der Waals surface area contributed by atoms with E-state index in [1.165, 1.54) is 11.1 Å². The zero-order chi connectivity index (χ0) is 13.5. The van der Waals surface area contributed by atoms with Crippen LogP contribution in [-0.2, 0) is 19.6 Å². The molecule has 0 atom stereocenters. The number of benzene rings is 1. The molecule has 102 valence electrons. The molecule has 0 spiro atoms. The Labute approximate surface area is 114 Å². The second kappa shape index (κ2) is 7.07. The molecule has 19 heavy (non-hydrogen) atoms. The van der Waals surface area contributed by atoms with Crippen molar-refractivity contribution in [1.82, 2.24) is 14.5 Å². The molecule has 0 aliphatic carbocycles. The smallest absolute Gasteiger partial charge is 0.0945 e.